The molecule has 3 nitrogen and oxygen atoms in total. The van der Waals surface area contributed by atoms with Gasteiger partial charge >= 0.3 is 0 Å². The zero-order chi connectivity index (χ0) is 18.2. The summed E-state index contributed by atoms with van der Waals surface area (Å²) in [6, 6.07) is 17.1. The number of thioether (sulfide) groups is 1. The van der Waals surface area contributed by atoms with Crippen LogP contribution in [0.4, 0.5) is 14.5 Å². The highest BCUT2D eigenvalue weighted by Gasteiger charge is 2.14. The minimum absolute atomic E-state index is 0.186. The van der Waals surface area contributed by atoms with Gasteiger partial charge < -0.3 is 15.5 Å². The minimum atomic E-state index is -2.41. The third kappa shape index (κ3) is 6.61. The van der Waals surface area contributed by atoms with Crippen LogP contribution < -0.4 is 10.6 Å². The van der Waals surface area contributed by atoms with Gasteiger partial charge in [0.05, 0.1) is 6.04 Å². The molecule has 0 spiro atoms. The van der Waals surface area contributed by atoms with E-state index in [2.05, 4.69) is 27.7 Å². The van der Waals surface area contributed by atoms with Gasteiger partial charge in [0.25, 0.3) is 5.76 Å². The van der Waals surface area contributed by atoms with Crippen molar-refractivity contribution in [1.29, 1.82) is 0 Å². The number of hydrogen-bond acceptors (Lipinski definition) is 3. The molecule has 25 heavy (non-hydrogen) atoms. The number of rotatable bonds is 7. The Morgan fingerprint density at radius 3 is 2.28 bits per heavy atom. The largest absolute Gasteiger partial charge is 0.361 e. The monoisotopic (exact) mass is 381 g/mol. The molecule has 2 N–H and O–H groups in total. The van der Waals surface area contributed by atoms with Gasteiger partial charge in [0, 0.05) is 17.1 Å². The van der Waals surface area contributed by atoms with Crippen molar-refractivity contribution in [1.82, 2.24) is 10.2 Å². The lowest BCUT2D eigenvalue weighted by atomic mass is 10.1. The van der Waals surface area contributed by atoms with Crippen LogP contribution in [0.2, 0.25) is 0 Å². The number of alkyl halides is 2. The maximum absolute atomic E-state index is 12.3. The van der Waals surface area contributed by atoms with Crippen LogP contribution in [0.25, 0.3) is 0 Å². The third-order valence-corrected chi connectivity index (χ3v) is 4.57. The molecule has 7 heteroatoms. The first-order valence-corrected chi connectivity index (χ1v) is 9.05. The van der Waals surface area contributed by atoms with E-state index in [1.165, 1.54) is 5.56 Å². The van der Waals surface area contributed by atoms with Crippen molar-refractivity contribution in [3.63, 3.8) is 0 Å². The standard InChI is InChI=1S/C18H21F2N3S2/c1-23(2)16(13-6-4-3-5-7-13)12-21-18(24)22-14-8-10-15(11-9-14)25-17(19)20/h3-11,16-17H,12H2,1-2H3,(H2,21,22,24). The van der Waals surface area contributed by atoms with Crippen LogP contribution in [0.5, 0.6) is 0 Å². The molecule has 0 saturated heterocycles. The molecule has 0 aliphatic heterocycles. The van der Waals surface area contributed by atoms with E-state index in [4.69, 9.17) is 12.2 Å². The lowest BCUT2D eigenvalue weighted by Crippen LogP contribution is -2.36. The van der Waals surface area contributed by atoms with Crippen LogP contribution in [-0.4, -0.2) is 36.4 Å². The number of anilines is 1. The molecule has 0 radical (unpaired) electrons. The van der Waals surface area contributed by atoms with E-state index in [-0.39, 0.29) is 6.04 Å². The predicted octanol–water partition coefficient (Wildman–Crippen LogP) is 4.59. The van der Waals surface area contributed by atoms with E-state index in [0.29, 0.717) is 28.3 Å². The number of nitrogens with zero attached hydrogens (tertiary/aromatic N) is 1. The number of thiocarbonyl (C=S) groups is 1. The van der Waals surface area contributed by atoms with Crippen LogP contribution in [0.3, 0.4) is 0 Å². The average Bonchev–Trinajstić information content (AvgIpc) is 2.57. The maximum Gasteiger partial charge on any atom is 0.288 e. The molecule has 2 aromatic rings. The van der Waals surface area contributed by atoms with E-state index < -0.39 is 5.76 Å². The summed E-state index contributed by atoms with van der Waals surface area (Å²) < 4.78 is 24.6. The second-order valence-corrected chi connectivity index (χ2v) is 7.10. The SMILES string of the molecule is CN(C)C(CNC(=S)Nc1ccc(SC(F)F)cc1)c1ccccc1. The van der Waals surface area contributed by atoms with Gasteiger partial charge in [0.1, 0.15) is 0 Å². The molecule has 0 heterocycles. The van der Waals surface area contributed by atoms with Crippen molar-refractivity contribution in [2.75, 3.05) is 26.0 Å². The summed E-state index contributed by atoms with van der Waals surface area (Å²) >= 11 is 5.85. The lowest BCUT2D eigenvalue weighted by molar-refractivity contribution is 0.252. The van der Waals surface area contributed by atoms with Crippen molar-refractivity contribution >= 4 is 34.8 Å². The summed E-state index contributed by atoms with van der Waals surface area (Å²) in [5.74, 6) is -2.41. The Kier molecular flexibility index (Phi) is 7.61. The zero-order valence-electron chi connectivity index (χ0n) is 14.1. The van der Waals surface area contributed by atoms with Gasteiger partial charge in [-0.2, -0.15) is 8.78 Å². The van der Waals surface area contributed by atoms with E-state index in [9.17, 15) is 8.78 Å². The van der Waals surface area contributed by atoms with Crippen molar-refractivity contribution in [3.05, 3.63) is 60.2 Å². The fourth-order valence-corrected chi connectivity index (χ4v) is 3.06. The maximum atomic E-state index is 12.3. The average molecular weight is 382 g/mol. The zero-order valence-corrected chi connectivity index (χ0v) is 15.7. The van der Waals surface area contributed by atoms with Crippen molar-refractivity contribution in [3.8, 4) is 0 Å². The molecule has 0 aliphatic rings. The molecular weight excluding hydrogens is 360 g/mol. The molecule has 2 rings (SSSR count). The molecule has 134 valence electrons. The first-order valence-electron chi connectivity index (χ1n) is 7.77. The fraction of sp³-hybridized carbons (Fsp3) is 0.278. The topological polar surface area (TPSA) is 27.3 Å². The van der Waals surface area contributed by atoms with Gasteiger partial charge in [0.15, 0.2) is 5.11 Å². The van der Waals surface area contributed by atoms with Crippen LogP contribution >= 0.6 is 24.0 Å². The Bertz CT molecular complexity index is 664. The number of hydrogen-bond donors (Lipinski definition) is 2. The van der Waals surface area contributed by atoms with Crippen molar-refractivity contribution in [2.45, 2.75) is 16.7 Å². The van der Waals surface area contributed by atoms with Crippen molar-refractivity contribution in [2.24, 2.45) is 0 Å². The molecule has 0 amide bonds. The van der Waals surface area contributed by atoms with E-state index >= 15 is 0 Å². The predicted molar refractivity (Wildman–Crippen MR) is 105 cm³/mol. The smallest absolute Gasteiger partial charge is 0.288 e. The summed E-state index contributed by atoms with van der Waals surface area (Å²) in [4.78, 5) is 2.65. The molecule has 0 fully saturated rings. The second kappa shape index (κ2) is 9.70. The van der Waals surface area contributed by atoms with Crippen molar-refractivity contribution < 1.29 is 8.78 Å². The van der Waals surface area contributed by atoms with Gasteiger partial charge in [-0.05, 0) is 56.1 Å². The molecule has 0 bridgehead atoms. The second-order valence-electron chi connectivity index (χ2n) is 5.63. The highest BCUT2D eigenvalue weighted by molar-refractivity contribution is 7.99. The van der Waals surface area contributed by atoms with Gasteiger partial charge in [-0.15, -0.1) is 0 Å². The van der Waals surface area contributed by atoms with Crippen LogP contribution in [-0.2, 0) is 0 Å². The summed E-state index contributed by atoms with van der Waals surface area (Å²) in [6.07, 6.45) is 0. The Morgan fingerprint density at radius 2 is 1.72 bits per heavy atom. The summed E-state index contributed by atoms with van der Waals surface area (Å²) in [5, 5.41) is 6.78. The highest BCUT2D eigenvalue weighted by atomic mass is 32.2. The van der Waals surface area contributed by atoms with Gasteiger partial charge in [-0.1, -0.05) is 42.1 Å². The quantitative estimate of drug-likeness (QED) is 0.540. The van der Waals surface area contributed by atoms with E-state index in [0.717, 1.165) is 5.69 Å². The molecule has 0 saturated carbocycles. The Balaban J connectivity index is 1.89. The molecule has 1 atom stereocenters. The van der Waals surface area contributed by atoms with Crippen LogP contribution in [0.15, 0.2) is 59.5 Å². The number of likely N-dealkylation sites (N-methyl/N-ethyl adjacent to an activating group) is 1. The van der Waals surface area contributed by atoms with Gasteiger partial charge in [0.2, 0.25) is 0 Å². The molecule has 2 aromatic carbocycles. The highest BCUT2D eigenvalue weighted by Crippen LogP contribution is 2.26. The third-order valence-electron chi connectivity index (χ3n) is 3.60. The summed E-state index contributed by atoms with van der Waals surface area (Å²) in [7, 11) is 4.05. The number of halogens is 2. The fourth-order valence-electron chi connectivity index (χ4n) is 2.36. The minimum Gasteiger partial charge on any atom is -0.361 e. The summed E-state index contributed by atoms with van der Waals surface area (Å²) in [6.45, 7) is 0.655. The summed E-state index contributed by atoms with van der Waals surface area (Å²) in [5.41, 5.74) is 1.97. The normalized spacial score (nSPS) is 12.2. The Hall–Kier alpha value is -1.70. The molecule has 0 aliphatic carbocycles. The molecular formula is C18H21F2N3S2. The van der Waals surface area contributed by atoms with Crippen LogP contribution in [0.1, 0.15) is 11.6 Å². The Labute approximate surface area is 156 Å². The Morgan fingerprint density at radius 1 is 1.08 bits per heavy atom. The lowest BCUT2D eigenvalue weighted by Gasteiger charge is -2.25. The first-order chi connectivity index (χ1) is 12.0. The molecule has 0 aromatic heterocycles. The van der Waals surface area contributed by atoms with Gasteiger partial charge in [-0.25, -0.2) is 0 Å². The van der Waals surface area contributed by atoms with Gasteiger partial charge in [-0.3, -0.25) is 0 Å². The van der Waals surface area contributed by atoms with Crippen LogP contribution in [0, 0.1) is 0 Å². The number of benzene rings is 2. The van der Waals surface area contributed by atoms with E-state index in [1.807, 2.05) is 32.3 Å². The first kappa shape index (κ1) is 19.6. The van der Waals surface area contributed by atoms with E-state index in [1.54, 1.807) is 24.3 Å². The molecule has 1 unspecified atom stereocenters. The number of nitrogens with one attached hydrogen (secondary N) is 2.